The van der Waals surface area contributed by atoms with Crippen molar-refractivity contribution < 1.29 is 0 Å². The van der Waals surface area contributed by atoms with Gasteiger partial charge in [-0.25, -0.2) is 0 Å². The Morgan fingerprint density at radius 3 is 3.22 bits per heavy atom. The van der Waals surface area contributed by atoms with E-state index < -0.39 is 0 Å². The number of hydrogen-bond acceptors (Lipinski definition) is 1. The second kappa shape index (κ2) is 2.06. The van der Waals surface area contributed by atoms with Gasteiger partial charge in [0, 0.05) is 17.2 Å². The molecule has 0 unspecified atom stereocenters. The van der Waals surface area contributed by atoms with Gasteiger partial charge in [0.2, 0.25) is 0 Å². The number of halogens is 1. The molecule has 0 aliphatic carbocycles. The van der Waals surface area contributed by atoms with Gasteiger partial charge in [0.25, 0.3) is 0 Å². The van der Waals surface area contributed by atoms with Crippen LogP contribution in [-0.4, -0.2) is 4.98 Å². The first-order valence-electron chi connectivity index (χ1n) is 2.80. The lowest BCUT2D eigenvalue weighted by molar-refractivity contribution is 1.21. The van der Waals surface area contributed by atoms with Gasteiger partial charge < -0.3 is 4.98 Å². The minimum atomic E-state index is 1.12. The zero-order chi connectivity index (χ0) is 6.27. The fraction of sp³-hybridized carbons (Fsp3) is 0.333. The number of rotatable bonds is 0. The van der Waals surface area contributed by atoms with Crippen molar-refractivity contribution in [1.82, 2.24) is 4.98 Å². The summed E-state index contributed by atoms with van der Waals surface area (Å²) in [6, 6.07) is 2.16. The van der Waals surface area contributed by atoms with Crippen molar-refractivity contribution in [2.45, 2.75) is 11.5 Å². The highest BCUT2D eigenvalue weighted by atomic mass is 79.9. The predicted molar refractivity (Wildman–Crippen MR) is 43.5 cm³/mol. The van der Waals surface area contributed by atoms with Gasteiger partial charge in [0.15, 0.2) is 0 Å². The Bertz CT molecular complexity index is 209. The van der Waals surface area contributed by atoms with Crippen LogP contribution >= 0.6 is 27.7 Å². The highest BCUT2D eigenvalue weighted by molar-refractivity contribution is 9.10. The summed E-state index contributed by atoms with van der Waals surface area (Å²) in [6.45, 7) is 0. The van der Waals surface area contributed by atoms with Crippen LogP contribution in [0.1, 0.15) is 11.3 Å². The molecule has 1 aromatic rings. The van der Waals surface area contributed by atoms with Crippen LogP contribution in [0.5, 0.6) is 0 Å². The van der Waals surface area contributed by atoms with Crippen LogP contribution in [0.4, 0.5) is 0 Å². The molecule has 9 heavy (non-hydrogen) atoms. The molecule has 0 saturated heterocycles. The minimum absolute atomic E-state index is 1.12. The van der Waals surface area contributed by atoms with Crippen molar-refractivity contribution >= 4 is 27.7 Å². The maximum absolute atomic E-state index is 3.39. The van der Waals surface area contributed by atoms with Crippen molar-refractivity contribution in [3.8, 4) is 0 Å². The largest absolute Gasteiger partial charge is 0.352 e. The molecule has 48 valence electrons. The average Bonchev–Trinajstić information content (AvgIpc) is 2.22. The van der Waals surface area contributed by atoms with Gasteiger partial charge in [-0.3, -0.25) is 0 Å². The standard InChI is InChI=1S/C6H6BrNS/c7-6-1-4-2-9-3-5(4)8-6/h1,8H,2-3H2. The van der Waals surface area contributed by atoms with E-state index in [1.54, 1.807) is 0 Å². The first kappa shape index (κ1) is 5.86. The van der Waals surface area contributed by atoms with Crippen molar-refractivity contribution in [2.75, 3.05) is 0 Å². The van der Waals surface area contributed by atoms with E-state index in [4.69, 9.17) is 0 Å². The average molecular weight is 204 g/mol. The lowest BCUT2D eigenvalue weighted by Crippen LogP contribution is -1.73. The maximum Gasteiger partial charge on any atom is 0.0825 e. The van der Waals surface area contributed by atoms with E-state index in [0.29, 0.717) is 0 Å². The summed E-state index contributed by atoms with van der Waals surface area (Å²) < 4.78 is 1.12. The fourth-order valence-electron chi connectivity index (χ4n) is 1.02. The van der Waals surface area contributed by atoms with Crippen LogP contribution in [0.3, 0.4) is 0 Å². The van der Waals surface area contributed by atoms with Crippen molar-refractivity contribution in [1.29, 1.82) is 0 Å². The highest BCUT2D eigenvalue weighted by Crippen LogP contribution is 2.31. The summed E-state index contributed by atoms with van der Waals surface area (Å²) in [6.07, 6.45) is 0. The number of fused-ring (bicyclic) bond motifs is 1. The number of aromatic amines is 1. The van der Waals surface area contributed by atoms with Crippen LogP contribution in [0, 0.1) is 0 Å². The van der Waals surface area contributed by atoms with E-state index in [2.05, 4.69) is 27.0 Å². The van der Waals surface area contributed by atoms with E-state index in [1.807, 2.05) is 11.8 Å². The fourth-order valence-corrected chi connectivity index (χ4v) is 2.58. The van der Waals surface area contributed by atoms with Gasteiger partial charge in [-0.2, -0.15) is 11.8 Å². The smallest absolute Gasteiger partial charge is 0.0825 e. The lowest BCUT2D eigenvalue weighted by atomic mass is 10.3. The molecule has 0 bridgehead atoms. The van der Waals surface area contributed by atoms with Crippen LogP contribution in [0.15, 0.2) is 10.7 Å². The van der Waals surface area contributed by atoms with Crippen molar-refractivity contribution in [3.05, 3.63) is 21.9 Å². The molecule has 0 aromatic carbocycles. The number of thioether (sulfide) groups is 1. The van der Waals surface area contributed by atoms with E-state index in [9.17, 15) is 0 Å². The zero-order valence-corrected chi connectivity index (χ0v) is 7.18. The van der Waals surface area contributed by atoms with Crippen LogP contribution in [-0.2, 0) is 11.5 Å². The summed E-state index contributed by atoms with van der Waals surface area (Å²) in [5.74, 6) is 2.33. The Balaban J connectivity index is 2.51. The summed E-state index contributed by atoms with van der Waals surface area (Å²) in [5, 5.41) is 0. The molecular weight excluding hydrogens is 198 g/mol. The molecule has 0 radical (unpaired) electrons. The molecule has 1 aromatic heterocycles. The predicted octanol–water partition coefficient (Wildman–Crippen LogP) is 2.52. The third-order valence-electron chi connectivity index (χ3n) is 1.46. The molecule has 1 aliphatic rings. The first-order valence-corrected chi connectivity index (χ1v) is 4.75. The third kappa shape index (κ3) is 0.923. The Kier molecular flexibility index (Phi) is 1.34. The van der Waals surface area contributed by atoms with Gasteiger partial charge in [-0.1, -0.05) is 0 Å². The minimum Gasteiger partial charge on any atom is -0.352 e. The molecule has 0 spiro atoms. The number of nitrogens with one attached hydrogen (secondary N) is 1. The monoisotopic (exact) mass is 203 g/mol. The molecule has 0 amide bonds. The summed E-state index contributed by atoms with van der Waals surface area (Å²) in [5.41, 5.74) is 2.86. The molecule has 1 nitrogen and oxygen atoms in total. The van der Waals surface area contributed by atoms with Gasteiger partial charge in [-0.15, -0.1) is 0 Å². The first-order chi connectivity index (χ1) is 4.36. The van der Waals surface area contributed by atoms with E-state index in [1.165, 1.54) is 17.0 Å². The van der Waals surface area contributed by atoms with E-state index >= 15 is 0 Å². The lowest BCUT2D eigenvalue weighted by Gasteiger charge is -1.83. The van der Waals surface area contributed by atoms with Crippen LogP contribution in [0.2, 0.25) is 0 Å². The molecule has 2 rings (SSSR count). The maximum atomic E-state index is 3.39. The second-order valence-corrected chi connectivity index (χ2v) is 3.95. The number of H-pyrrole nitrogens is 1. The van der Waals surface area contributed by atoms with Gasteiger partial charge in [0.05, 0.1) is 4.60 Å². The Labute approximate surface area is 66.4 Å². The highest BCUT2D eigenvalue weighted by Gasteiger charge is 2.12. The molecule has 0 atom stereocenters. The quantitative estimate of drug-likeness (QED) is 0.686. The molecule has 0 saturated carbocycles. The van der Waals surface area contributed by atoms with Crippen molar-refractivity contribution in [3.63, 3.8) is 0 Å². The third-order valence-corrected chi connectivity index (χ3v) is 2.90. The molecule has 3 heteroatoms. The Hall–Kier alpha value is 0.110. The van der Waals surface area contributed by atoms with Gasteiger partial charge in [0.1, 0.15) is 0 Å². The van der Waals surface area contributed by atoms with Crippen molar-refractivity contribution in [2.24, 2.45) is 0 Å². The van der Waals surface area contributed by atoms with E-state index in [0.717, 1.165) is 10.4 Å². The van der Waals surface area contributed by atoms with Crippen LogP contribution in [0.25, 0.3) is 0 Å². The molecule has 0 fully saturated rings. The Morgan fingerprint density at radius 1 is 1.56 bits per heavy atom. The normalized spacial score (nSPS) is 16.1. The molecular formula is C6H6BrNS. The Morgan fingerprint density at radius 2 is 2.44 bits per heavy atom. The topological polar surface area (TPSA) is 15.8 Å². The summed E-state index contributed by atoms with van der Waals surface area (Å²) in [7, 11) is 0. The second-order valence-electron chi connectivity index (χ2n) is 2.11. The zero-order valence-electron chi connectivity index (χ0n) is 4.78. The SMILES string of the molecule is Brc1cc2c([nH]1)CSC2. The molecule has 2 heterocycles. The molecule has 1 aliphatic heterocycles. The summed E-state index contributed by atoms with van der Waals surface area (Å²) >= 11 is 5.36. The number of aromatic nitrogens is 1. The summed E-state index contributed by atoms with van der Waals surface area (Å²) in [4.78, 5) is 3.25. The van der Waals surface area contributed by atoms with Crippen LogP contribution < -0.4 is 0 Å². The van der Waals surface area contributed by atoms with Gasteiger partial charge in [-0.05, 0) is 27.6 Å². The van der Waals surface area contributed by atoms with E-state index in [-0.39, 0.29) is 0 Å². The number of hydrogen-bond donors (Lipinski definition) is 1. The van der Waals surface area contributed by atoms with Gasteiger partial charge >= 0.3 is 0 Å². The molecule has 1 N–H and O–H groups in total.